The highest BCUT2D eigenvalue weighted by Crippen LogP contribution is 2.33. The molecule has 138 valence electrons. The summed E-state index contributed by atoms with van der Waals surface area (Å²) in [6.07, 6.45) is 9.58. The van der Waals surface area contributed by atoms with Crippen molar-refractivity contribution in [2.24, 2.45) is 5.92 Å². The lowest BCUT2D eigenvalue weighted by Crippen LogP contribution is -2.39. The van der Waals surface area contributed by atoms with Gasteiger partial charge in [-0.3, -0.25) is 0 Å². The summed E-state index contributed by atoms with van der Waals surface area (Å²) in [6, 6.07) is 6.97. The van der Waals surface area contributed by atoms with Crippen LogP contribution in [0, 0.1) is 5.92 Å². The second kappa shape index (κ2) is 8.61. The molecule has 0 amide bonds. The first-order chi connectivity index (χ1) is 12.2. The fourth-order valence-electron chi connectivity index (χ4n) is 3.71. The Hall–Kier alpha value is -1.68. The van der Waals surface area contributed by atoms with E-state index in [2.05, 4.69) is 49.4 Å². The SMILES string of the molecule is CCC1=CCN(C(C)CCCC(CC)Cc2ccc3c(c2)OCO3)N1. The number of fused-ring (bicyclic) bond motifs is 1. The van der Waals surface area contributed by atoms with Gasteiger partial charge in [0, 0.05) is 18.3 Å². The van der Waals surface area contributed by atoms with Gasteiger partial charge < -0.3 is 14.9 Å². The van der Waals surface area contributed by atoms with E-state index in [4.69, 9.17) is 9.47 Å². The molecule has 4 nitrogen and oxygen atoms in total. The summed E-state index contributed by atoms with van der Waals surface area (Å²) in [5, 5.41) is 2.37. The molecule has 2 aliphatic rings. The molecule has 3 rings (SSSR count). The second-order valence-electron chi connectivity index (χ2n) is 7.29. The van der Waals surface area contributed by atoms with Crippen molar-refractivity contribution in [3.63, 3.8) is 0 Å². The van der Waals surface area contributed by atoms with Gasteiger partial charge >= 0.3 is 0 Å². The van der Waals surface area contributed by atoms with Crippen LogP contribution in [0.1, 0.15) is 58.4 Å². The van der Waals surface area contributed by atoms with Gasteiger partial charge in [0.15, 0.2) is 11.5 Å². The topological polar surface area (TPSA) is 33.7 Å². The summed E-state index contributed by atoms with van der Waals surface area (Å²) in [5.74, 6) is 2.52. The molecule has 0 bridgehead atoms. The Labute approximate surface area is 152 Å². The van der Waals surface area contributed by atoms with Crippen LogP contribution in [-0.4, -0.2) is 24.4 Å². The smallest absolute Gasteiger partial charge is 0.231 e. The third-order valence-corrected chi connectivity index (χ3v) is 5.51. The van der Waals surface area contributed by atoms with Gasteiger partial charge in [0.05, 0.1) is 0 Å². The maximum Gasteiger partial charge on any atom is 0.231 e. The lowest BCUT2D eigenvalue weighted by Gasteiger charge is -2.26. The number of benzene rings is 1. The van der Waals surface area contributed by atoms with Crippen molar-refractivity contribution in [3.05, 3.63) is 35.5 Å². The van der Waals surface area contributed by atoms with Crippen LogP contribution in [0.25, 0.3) is 0 Å². The van der Waals surface area contributed by atoms with E-state index in [-0.39, 0.29) is 0 Å². The third-order valence-electron chi connectivity index (χ3n) is 5.51. The molecular weight excluding hydrogens is 312 g/mol. The van der Waals surface area contributed by atoms with Crippen molar-refractivity contribution >= 4 is 0 Å². The molecule has 1 aromatic carbocycles. The average molecular weight is 344 g/mol. The summed E-state index contributed by atoms with van der Waals surface area (Å²) >= 11 is 0. The van der Waals surface area contributed by atoms with Crippen LogP contribution in [0.3, 0.4) is 0 Å². The molecule has 0 aliphatic carbocycles. The largest absolute Gasteiger partial charge is 0.454 e. The quantitative estimate of drug-likeness (QED) is 0.706. The highest BCUT2D eigenvalue weighted by molar-refractivity contribution is 5.44. The molecule has 2 unspecified atom stereocenters. The van der Waals surface area contributed by atoms with Crippen molar-refractivity contribution in [3.8, 4) is 11.5 Å². The van der Waals surface area contributed by atoms with Crippen molar-refractivity contribution in [1.29, 1.82) is 0 Å². The number of hydrogen-bond acceptors (Lipinski definition) is 4. The summed E-state index contributed by atoms with van der Waals surface area (Å²) in [4.78, 5) is 0. The van der Waals surface area contributed by atoms with E-state index >= 15 is 0 Å². The highest BCUT2D eigenvalue weighted by atomic mass is 16.7. The van der Waals surface area contributed by atoms with Crippen molar-refractivity contribution in [1.82, 2.24) is 10.4 Å². The lowest BCUT2D eigenvalue weighted by atomic mass is 9.91. The molecule has 1 aromatic rings. The normalized spacial score (nSPS) is 18.8. The maximum atomic E-state index is 5.50. The Balaban J connectivity index is 1.42. The van der Waals surface area contributed by atoms with Crippen LogP contribution in [0.4, 0.5) is 0 Å². The Morgan fingerprint density at radius 1 is 1.16 bits per heavy atom. The molecule has 2 atom stereocenters. The van der Waals surface area contributed by atoms with E-state index in [1.165, 1.54) is 36.9 Å². The van der Waals surface area contributed by atoms with E-state index in [0.29, 0.717) is 12.8 Å². The molecule has 0 aromatic heterocycles. The van der Waals surface area contributed by atoms with Gasteiger partial charge in [0.1, 0.15) is 0 Å². The van der Waals surface area contributed by atoms with Gasteiger partial charge in [-0.05, 0) is 55.9 Å². The van der Waals surface area contributed by atoms with Gasteiger partial charge in [-0.1, -0.05) is 39.2 Å². The fourth-order valence-corrected chi connectivity index (χ4v) is 3.71. The van der Waals surface area contributed by atoms with E-state index in [0.717, 1.165) is 36.8 Å². The van der Waals surface area contributed by atoms with Crippen LogP contribution in [0.15, 0.2) is 30.0 Å². The van der Waals surface area contributed by atoms with E-state index in [1.54, 1.807) is 0 Å². The minimum Gasteiger partial charge on any atom is -0.454 e. The first kappa shape index (κ1) is 18.1. The Morgan fingerprint density at radius 3 is 2.76 bits per heavy atom. The molecular formula is C21H32N2O2. The third kappa shape index (κ3) is 4.69. The van der Waals surface area contributed by atoms with Crippen LogP contribution < -0.4 is 14.9 Å². The number of rotatable bonds is 9. The van der Waals surface area contributed by atoms with Gasteiger partial charge in [-0.2, -0.15) is 0 Å². The van der Waals surface area contributed by atoms with Gasteiger partial charge in [0.25, 0.3) is 0 Å². The number of hydrogen-bond donors (Lipinski definition) is 1. The van der Waals surface area contributed by atoms with Crippen LogP contribution >= 0.6 is 0 Å². The fraction of sp³-hybridized carbons (Fsp3) is 0.619. The van der Waals surface area contributed by atoms with Gasteiger partial charge in [-0.25, -0.2) is 5.01 Å². The number of ether oxygens (including phenoxy) is 2. The second-order valence-corrected chi connectivity index (χ2v) is 7.29. The predicted octanol–water partition coefficient (Wildman–Crippen LogP) is 4.66. The number of allylic oxidation sites excluding steroid dienone is 1. The molecule has 0 saturated heterocycles. The molecule has 1 N–H and O–H groups in total. The van der Waals surface area contributed by atoms with Crippen LogP contribution in [-0.2, 0) is 6.42 Å². The van der Waals surface area contributed by atoms with Crippen molar-refractivity contribution in [2.45, 2.75) is 65.3 Å². The molecule has 4 heteroatoms. The summed E-state index contributed by atoms with van der Waals surface area (Å²) < 4.78 is 10.9. The molecule has 2 aliphatic heterocycles. The minimum absolute atomic E-state index is 0.354. The Bertz CT molecular complexity index is 600. The zero-order chi connectivity index (χ0) is 17.6. The van der Waals surface area contributed by atoms with Crippen LogP contribution in [0.2, 0.25) is 0 Å². The van der Waals surface area contributed by atoms with Crippen LogP contribution in [0.5, 0.6) is 11.5 Å². The van der Waals surface area contributed by atoms with E-state index < -0.39 is 0 Å². The minimum atomic E-state index is 0.354. The number of hydrazine groups is 1. The Kier molecular flexibility index (Phi) is 6.24. The standard InChI is InChI=1S/C21H32N2O2/c1-4-17(13-18-9-10-20-21(14-18)25-15-24-20)8-6-7-16(3)23-12-11-19(5-2)22-23/h9-11,14,16-17,22H,4-8,12-13,15H2,1-3H3. The van der Waals surface area contributed by atoms with E-state index in [1.807, 2.05) is 6.07 Å². The maximum absolute atomic E-state index is 5.50. The summed E-state index contributed by atoms with van der Waals surface area (Å²) in [7, 11) is 0. The lowest BCUT2D eigenvalue weighted by molar-refractivity contribution is 0.174. The summed E-state index contributed by atoms with van der Waals surface area (Å²) in [6.45, 7) is 8.24. The highest BCUT2D eigenvalue weighted by Gasteiger charge is 2.19. The number of nitrogens with zero attached hydrogens (tertiary/aromatic N) is 1. The zero-order valence-electron chi connectivity index (χ0n) is 15.9. The predicted molar refractivity (Wildman–Crippen MR) is 102 cm³/mol. The zero-order valence-corrected chi connectivity index (χ0v) is 15.9. The van der Waals surface area contributed by atoms with Gasteiger partial charge in [0.2, 0.25) is 6.79 Å². The molecule has 0 spiro atoms. The summed E-state index contributed by atoms with van der Waals surface area (Å²) in [5.41, 5.74) is 6.25. The monoisotopic (exact) mass is 344 g/mol. The molecule has 0 radical (unpaired) electrons. The molecule has 0 saturated carbocycles. The van der Waals surface area contributed by atoms with Gasteiger partial charge in [-0.15, -0.1) is 0 Å². The van der Waals surface area contributed by atoms with E-state index in [9.17, 15) is 0 Å². The first-order valence-corrected chi connectivity index (χ1v) is 9.80. The average Bonchev–Trinajstić information content (AvgIpc) is 3.29. The molecule has 25 heavy (non-hydrogen) atoms. The first-order valence-electron chi connectivity index (χ1n) is 9.80. The van der Waals surface area contributed by atoms with Crippen molar-refractivity contribution < 1.29 is 9.47 Å². The van der Waals surface area contributed by atoms with Crippen molar-refractivity contribution in [2.75, 3.05) is 13.3 Å². The number of nitrogens with one attached hydrogen (secondary N) is 1. The molecule has 0 fully saturated rings. The Morgan fingerprint density at radius 2 is 2.00 bits per heavy atom. The molecule has 2 heterocycles.